The van der Waals surface area contributed by atoms with Crippen LogP contribution in [0.5, 0.6) is 0 Å². The quantitative estimate of drug-likeness (QED) is 0.766. The van der Waals surface area contributed by atoms with Crippen molar-refractivity contribution < 1.29 is 22.8 Å². The van der Waals surface area contributed by atoms with Crippen LogP contribution in [0.4, 0.5) is 18.0 Å². The van der Waals surface area contributed by atoms with Crippen LogP contribution < -0.4 is 16.4 Å². The van der Waals surface area contributed by atoms with Crippen molar-refractivity contribution >= 4 is 11.9 Å². The van der Waals surface area contributed by atoms with Gasteiger partial charge >= 0.3 is 12.2 Å². The number of halogens is 3. The summed E-state index contributed by atoms with van der Waals surface area (Å²) < 4.78 is 36.9. The van der Waals surface area contributed by atoms with Gasteiger partial charge in [0.15, 0.2) is 0 Å². The Bertz CT molecular complexity index is 457. The number of hydrogen-bond acceptors (Lipinski definition) is 3. The fourth-order valence-electron chi connectivity index (χ4n) is 1.31. The summed E-state index contributed by atoms with van der Waals surface area (Å²) in [5.74, 6) is -0.612. The monoisotopic (exact) mass is 275 g/mol. The molecule has 0 aliphatic carbocycles. The molecule has 1 rings (SSSR count). The highest BCUT2D eigenvalue weighted by atomic mass is 19.4. The maximum absolute atomic E-state index is 12.3. The van der Waals surface area contributed by atoms with Crippen molar-refractivity contribution in [1.29, 1.82) is 0 Å². The van der Waals surface area contributed by atoms with Crippen molar-refractivity contribution in [2.45, 2.75) is 12.7 Å². The minimum Gasteiger partial charge on any atom is -0.351 e. The number of nitrogens with one attached hydrogen (secondary N) is 2. The molecular formula is C11H12F3N3O2. The van der Waals surface area contributed by atoms with Gasteiger partial charge < -0.3 is 11.1 Å². The number of benzene rings is 1. The van der Waals surface area contributed by atoms with Crippen molar-refractivity contribution in [3.63, 3.8) is 0 Å². The standard InChI is InChI=1S/C11H12F3N3O2/c12-11(13,14)8-3-1-7(2-4-8)5-16-6-9(18)17-10(15)19/h1-4,16H,5-6H2,(H3,15,17,18,19). The van der Waals surface area contributed by atoms with Gasteiger partial charge in [0.25, 0.3) is 0 Å². The first-order valence-corrected chi connectivity index (χ1v) is 5.25. The van der Waals surface area contributed by atoms with Crippen LogP contribution in [0, 0.1) is 0 Å². The van der Waals surface area contributed by atoms with Crippen molar-refractivity contribution in [1.82, 2.24) is 10.6 Å². The molecule has 0 fully saturated rings. The fraction of sp³-hybridized carbons (Fsp3) is 0.273. The van der Waals surface area contributed by atoms with E-state index >= 15 is 0 Å². The summed E-state index contributed by atoms with van der Waals surface area (Å²) >= 11 is 0. The van der Waals surface area contributed by atoms with E-state index in [0.717, 1.165) is 12.1 Å². The van der Waals surface area contributed by atoms with Crippen LogP contribution in [-0.2, 0) is 17.5 Å². The van der Waals surface area contributed by atoms with E-state index in [1.165, 1.54) is 12.1 Å². The Hall–Kier alpha value is -2.09. The third-order valence-corrected chi connectivity index (χ3v) is 2.16. The molecule has 0 saturated carbocycles. The normalized spacial score (nSPS) is 11.1. The van der Waals surface area contributed by atoms with Crippen LogP contribution in [-0.4, -0.2) is 18.5 Å². The molecule has 8 heteroatoms. The SMILES string of the molecule is NC(=O)NC(=O)CNCc1ccc(C(F)(F)F)cc1. The predicted molar refractivity (Wildman–Crippen MR) is 60.9 cm³/mol. The van der Waals surface area contributed by atoms with Crippen LogP contribution in [0.2, 0.25) is 0 Å². The van der Waals surface area contributed by atoms with Crippen LogP contribution in [0.15, 0.2) is 24.3 Å². The zero-order valence-electron chi connectivity index (χ0n) is 9.75. The summed E-state index contributed by atoms with van der Waals surface area (Å²) in [5, 5.41) is 4.51. The molecule has 5 nitrogen and oxygen atoms in total. The zero-order valence-corrected chi connectivity index (χ0v) is 9.75. The number of imide groups is 1. The van der Waals surface area contributed by atoms with Gasteiger partial charge in [-0.15, -0.1) is 0 Å². The Morgan fingerprint density at radius 2 is 1.74 bits per heavy atom. The summed E-state index contributed by atoms with van der Waals surface area (Å²) in [6.07, 6.45) is -4.37. The molecule has 0 bridgehead atoms. The molecule has 0 heterocycles. The molecule has 19 heavy (non-hydrogen) atoms. The van der Waals surface area contributed by atoms with Crippen molar-refractivity contribution in [2.24, 2.45) is 5.73 Å². The second kappa shape index (κ2) is 6.19. The van der Waals surface area contributed by atoms with Gasteiger partial charge in [-0.2, -0.15) is 13.2 Å². The first-order valence-electron chi connectivity index (χ1n) is 5.25. The average Bonchev–Trinajstić information content (AvgIpc) is 2.27. The highest BCUT2D eigenvalue weighted by Crippen LogP contribution is 2.28. The zero-order chi connectivity index (χ0) is 14.5. The lowest BCUT2D eigenvalue weighted by Gasteiger charge is -2.08. The third kappa shape index (κ3) is 5.38. The van der Waals surface area contributed by atoms with Gasteiger partial charge in [-0.3, -0.25) is 10.1 Å². The van der Waals surface area contributed by atoms with E-state index in [1.54, 1.807) is 0 Å². The van der Waals surface area contributed by atoms with Gasteiger partial charge in [-0.05, 0) is 17.7 Å². The van der Waals surface area contributed by atoms with Gasteiger partial charge in [-0.1, -0.05) is 12.1 Å². The van der Waals surface area contributed by atoms with E-state index in [2.05, 4.69) is 5.32 Å². The Morgan fingerprint density at radius 3 is 2.21 bits per heavy atom. The van der Waals surface area contributed by atoms with E-state index in [-0.39, 0.29) is 13.1 Å². The van der Waals surface area contributed by atoms with E-state index in [9.17, 15) is 22.8 Å². The number of hydrogen-bond donors (Lipinski definition) is 3. The maximum atomic E-state index is 12.3. The van der Waals surface area contributed by atoms with E-state index in [1.807, 2.05) is 5.32 Å². The molecule has 0 aromatic heterocycles. The number of carbonyl (C=O) groups excluding carboxylic acids is 2. The molecule has 1 aromatic carbocycles. The lowest BCUT2D eigenvalue weighted by atomic mass is 10.1. The van der Waals surface area contributed by atoms with Gasteiger partial charge in [0.2, 0.25) is 5.91 Å². The molecule has 4 N–H and O–H groups in total. The minimum atomic E-state index is -4.37. The topological polar surface area (TPSA) is 84.2 Å². The van der Waals surface area contributed by atoms with Crippen LogP contribution in [0.25, 0.3) is 0 Å². The molecule has 1 aromatic rings. The van der Waals surface area contributed by atoms with Crippen molar-refractivity contribution in [3.8, 4) is 0 Å². The first-order chi connectivity index (χ1) is 8.79. The first kappa shape index (κ1) is 15.0. The average molecular weight is 275 g/mol. The minimum absolute atomic E-state index is 0.163. The van der Waals surface area contributed by atoms with Gasteiger partial charge in [0.1, 0.15) is 0 Å². The molecule has 3 amide bonds. The van der Waals surface area contributed by atoms with Crippen molar-refractivity contribution in [3.05, 3.63) is 35.4 Å². The summed E-state index contributed by atoms with van der Waals surface area (Å²) in [7, 11) is 0. The molecule has 0 atom stereocenters. The predicted octanol–water partition coefficient (Wildman–Crippen LogP) is 0.990. The number of urea groups is 1. The van der Waals surface area contributed by atoms with Crippen LogP contribution >= 0.6 is 0 Å². The number of rotatable bonds is 4. The number of amides is 3. The Kier molecular flexibility index (Phi) is 4.87. The van der Waals surface area contributed by atoms with E-state index < -0.39 is 23.7 Å². The molecule has 0 aliphatic rings. The smallest absolute Gasteiger partial charge is 0.351 e. The molecule has 104 valence electrons. The van der Waals surface area contributed by atoms with Gasteiger partial charge in [0.05, 0.1) is 12.1 Å². The Labute approximate surface area is 107 Å². The van der Waals surface area contributed by atoms with E-state index in [4.69, 9.17) is 5.73 Å². The maximum Gasteiger partial charge on any atom is 0.416 e. The lowest BCUT2D eigenvalue weighted by molar-refractivity contribution is -0.137. The molecule has 0 unspecified atom stereocenters. The summed E-state index contributed by atoms with van der Waals surface area (Å²) in [6, 6.07) is 3.58. The summed E-state index contributed by atoms with van der Waals surface area (Å²) in [5.41, 5.74) is 4.58. The van der Waals surface area contributed by atoms with Gasteiger partial charge in [0, 0.05) is 6.54 Å². The lowest BCUT2D eigenvalue weighted by Crippen LogP contribution is -2.40. The second-order valence-electron chi connectivity index (χ2n) is 3.71. The summed E-state index contributed by atoms with van der Waals surface area (Å²) in [6.45, 7) is 0.0360. The van der Waals surface area contributed by atoms with Gasteiger partial charge in [-0.25, -0.2) is 4.79 Å². The molecule has 0 radical (unpaired) electrons. The molecule has 0 aliphatic heterocycles. The highest BCUT2D eigenvalue weighted by Gasteiger charge is 2.29. The second-order valence-corrected chi connectivity index (χ2v) is 3.71. The van der Waals surface area contributed by atoms with E-state index in [0.29, 0.717) is 5.56 Å². The Balaban J connectivity index is 2.42. The molecule has 0 saturated heterocycles. The fourth-order valence-corrected chi connectivity index (χ4v) is 1.31. The number of carbonyl (C=O) groups is 2. The van der Waals surface area contributed by atoms with Crippen molar-refractivity contribution in [2.75, 3.05) is 6.54 Å². The van der Waals surface area contributed by atoms with Crippen LogP contribution in [0.1, 0.15) is 11.1 Å². The molecule has 0 spiro atoms. The highest BCUT2D eigenvalue weighted by molar-refractivity contribution is 5.94. The Morgan fingerprint density at radius 1 is 1.16 bits per heavy atom. The number of nitrogens with two attached hydrogens (primary N) is 1. The summed E-state index contributed by atoms with van der Waals surface area (Å²) in [4.78, 5) is 21.3. The largest absolute Gasteiger partial charge is 0.416 e. The van der Waals surface area contributed by atoms with Crippen LogP contribution in [0.3, 0.4) is 0 Å². The molecular weight excluding hydrogens is 263 g/mol. The number of primary amides is 1. The third-order valence-electron chi connectivity index (χ3n) is 2.16. The number of alkyl halides is 3.